The van der Waals surface area contributed by atoms with Gasteiger partial charge in [0.1, 0.15) is 10.1 Å². The van der Waals surface area contributed by atoms with Gasteiger partial charge in [-0.25, -0.2) is 0 Å². The molecule has 0 spiro atoms. The van der Waals surface area contributed by atoms with Crippen LogP contribution in [-0.2, 0) is 11.3 Å². The van der Waals surface area contributed by atoms with Gasteiger partial charge in [0.05, 0.1) is 35.1 Å². The lowest BCUT2D eigenvalue weighted by Gasteiger charge is -2.14. The Morgan fingerprint density at radius 1 is 1.28 bits per heavy atom. The zero-order chi connectivity index (χ0) is 20.5. The molecule has 29 heavy (non-hydrogen) atoms. The Balaban J connectivity index is 1.61. The molecule has 0 N–H and O–H groups in total. The lowest BCUT2D eigenvalue weighted by molar-refractivity contribution is -0.385. The summed E-state index contributed by atoms with van der Waals surface area (Å²) in [5, 5.41) is 11.4. The molecule has 0 saturated carbocycles. The molecule has 1 fully saturated rings. The first-order valence-electron chi connectivity index (χ1n) is 8.42. The summed E-state index contributed by atoms with van der Waals surface area (Å²) in [4.78, 5) is 25.6. The summed E-state index contributed by atoms with van der Waals surface area (Å²) < 4.78 is 16.0. The van der Waals surface area contributed by atoms with Crippen molar-refractivity contribution >= 4 is 46.0 Å². The Labute approximate surface area is 175 Å². The van der Waals surface area contributed by atoms with E-state index < -0.39 is 4.92 Å². The normalized spacial score (nSPS) is 16.6. The number of carbonyl (C=O) groups excluding carboxylic acids is 1. The number of nitrogens with zero attached hydrogens (tertiary/aromatic N) is 2. The predicted molar refractivity (Wildman–Crippen MR) is 111 cm³/mol. The van der Waals surface area contributed by atoms with Gasteiger partial charge in [0.25, 0.3) is 11.6 Å². The van der Waals surface area contributed by atoms with Crippen molar-refractivity contribution in [2.75, 3.05) is 13.9 Å². The van der Waals surface area contributed by atoms with Crippen molar-refractivity contribution in [1.82, 2.24) is 4.90 Å². The van der Waals surface area contributed by atoms with Gasteiger partial charge in [-0.15, -0.1) is 0 Å². The average molecular weight is 430 g/mol. The molecule has 2 aliphatic rings. The largest absolute Gasteiger partial charge is 0.497 e. The number of hydrogen-bond donors (Lipinski definition) is 0. The first kappa shape index (κ1) is 19.2. The summed E-state index contributed by atoms with van der Waals surface area (Å²) in [7, 11) is 1.58. The Kier molecular flexibility index (Phi) is 5.12. The van der Waals surface area contributed by atoms with Crippen LogP contribution in [0.1, 0.15) is 11.1 Å². The minimum Gasteiger partial charge on any atom is -0.497 e. The van der Waals surface area contributed by atoms with Crippen LogP contribution in [0, 0.1) is 10.1 Å². The number of thioether (sulfide) groups is 1. The van der Waals surface area contributed by atoms with E-state index in [1.807, 2.05) is 12.1 Å². The van der Waals surface area contributed by atoms with Gasteiger partial charge in [0.15, 0.2) is 11.5 Å². The third kappa shape index (κ3) is 3.76. The maximum Gasteiger partial charge on any atom is 0.280 e. The third-order valence-corrected chi connectivity index (χ3v) is 5.76. The molecule has 4 rings (SSSR count). The van der Waals surface area contributed by atoms with Crippen molar-refractivity contribution in [2.24, 2.45) is 0 Å². The Bertz CT molecular complexity index is 1050. The molecule has 8 nitrogen and oxygen atoms in total. The summed E-state index contributed by atoms with van der Waals surface area (Å²) in [6.07, 6.45) is 1.47. The van der Waals surface area contributed by atoms with Crippen molar-refractivity contribution < 1.29 is 23.9 Å². The van der Waals surface area contributed by atoms with E-state index in [-0.39, 0.29) is 24.0 Å². The van der Waals surface area contributed by atoms with E-state index in [4.69, 9.17) is 26.4 Å². The van der Waals surface area contributed by atoms with Gasteiger partial charge in [-0.05, 0) is 29.8 Å². The molecule has 2 aliphatic heterocycles. The van der Waals surface area contributed by atoms with E-state index in [1.165, 1.54) is 23.1 Å². The number of thiocarbonyl (C=S) groups is 1. The molecule has 148 valence electrons. The van der Waals surface area contributed by atoms with E-state index >= 15 is 0 Å². The van der Waals surface area contributed by atoms with E-state index in [0.717, 1.165) is 17.3 Å². The number of amides is 1. The number of rotatable bonds is 5. The van der Waals surface area contributed by atoms with E-state index in [0.29, 0.717) is 33.0 Å². The second kappa shape index (κ2) is 7.72. The molecular weight excluding hydrogens is 416 g/mol. The molecule has 0 unspecified atom stereocenters. The number of hydrogen-bond acceptors (Lipinski definition) is 8. The lowest BCUT2D eigenvalue weighted by atomic mass is 10.1. The van der Waals surface area contributed by atoms with Crippen molar-refractivity contribution in [3.05, 3.63) is 62.5 Å². The average Bonchev–Trinajstić information content (AvgIpc) is 3.27. The molecule has 2 aromatic carbocycles. The van der Waals surface area contributed by atoms with Gasteiger partial charge in [-0.2, -0.15) is 0 Å². The highest BCUT2D eigenvalue weighted by atomic mass is 32.2. The van der Waals surface area contributed by atoms with Crippen LogP contribution in [-0.4, -0.2) is 34.0 Å². The monoisotopic (exact) mass is 430 g/mol. The smallest absolute Gasteiger partial charge is 0.280 e. The van der Waals surface area contributed by atoms with Crippen molar-refractivity contribution in [2.45, 2.75) is 6.54 Å². The lowest BCUT2D eigenvalue weighted by Crippen LogP contribution is -2.27. The minimum absolute atomic E-state index is 0.0000815. The van der Waals surface area contributed by atoms with Crippen LogP contribution in [0.5, 0.6) is 17.2 Å². The highest BCUT2D eigenvalue weighted by Gasteiger charge is 2.33. The van der Waals surface area contributed by atoms with Gasteiger partial charge >= 0.3 is 0 Å². The maximum atomic E-state index is 12.9. The Morgan fingerprint density at radius 3 is 2.62 bits per heavy atom. The van der Waals surface area contributed by atoms with Crippen LogP contribution in [0.2, 0.25) is 0 Å². The maximum absolute atomic E-state index is 12.9. The molecule has 0 aliphatic carbocycles. The second-order valence-electron chi connectivity index (χ2n) is 6.14. The SMILES string of the molecule is COc1ccc(CN2C(=O)/C(=C\c3cc4c(cc3[N+](=O)[O-])OCO4)SC2=S)cc1. The molecule has 0 radical (unpaired) electrons. The Morgan fingerprint density at radius 2 is 1.97 bits per heavy atom. The second-order valence-corrected chi connectivity index (χ2v) is 7.81. The van der Waals surface area contributed by atoms with Crippen molar-refractivity contribution in [1.29, 1.82) is 0 Å². The van der Waals surface area contributed by atoms with E-state index in [9.17, 15) is 14.9 Å². The fraction of sp³-hybridized carbons (Fsp3) is 0.158. The summed E-state index contributed by atoms with van der Waals surface area (Å²) in [5.41, 5.74) is 0.969. The molecule has 2 heterocycles. The third-order valence-electron chi connectivity index (χ3n) is 4.38. The molecule has 0 atom stereocenters. The molecular formula is C19H14N2O6S2. The van der Waals surface area contributed by atoms with Gasteiger partial charge in [0, 0.05) is 0 Å². The number of ether oxygens (including phenoxy) is 3. The highest BCUT2D eigenvalue weighted by molar-refractivity contribution is 8.26. The molecule has 0 bridgehead atoms. The minimum atomic E-state index is -0.522. The number of fused-ring (bicyclic) bond motifs is 1. The molecule has 0 aromatic heterocycles. The van der Waals surface area contributed by atoms with Crippen LogP contribution in [0.25, 0.3) is 6.08 Å². The number of carbonyl (C=O) groups is 1. The predicted octanol–water partition coefficient (Wildman–Crippen LogP) is 3.73. The van der Waals surface area contributed by atoms with Gasteiger partial charge in [-0.1, -0.05) is 36.1 Å². The Hall–Kier alpha value is -3.11. The van der Waals surface area contributed by atoms with Gasteiger partial charge < -0.3 is 14.2 Å². The highest BCUT2D eigenvalue weighted by Crippen LogP contribution is 2.41. The van der Waals surface area contributed by atoms with Crippen LogP contribution in [0.4, 0.5) is 5.69 Å². The topological polar surface area (TPSA) is 91.1 Å². The number of nitro benzene ring substituents is 1. The summed E-state index contributed by atoms with van der Waals surface area (Å²) in [5.74, 6) is 1.12. The van der Waals surface area contributed by atoms with Gasteiger partial charge in [0.2, 0.25) is 6.79 Å². The quantitative estimate of drug-likeness (QED) is 0.307. The number of nitro groups is 1. The zero-order valence-corrected chi connectivity index (χ0v) is 16.7. The van der Waals surface area contributed by atoms with Crippen molar-refractivity contribution in [3.63, 3.8) is 0 Å². The summed E-state index contributed by atoms with van der Waals surface area (Å²) in [6.45, 7) is 0.301. The van der Waals surface area contributed by atoms with Crippen molar-refractivity contribution in [3.8, 4) is 17.2 Å². The number of methoxy groups -OCH3 is 1. The fourth-order valence-corrected chi connectivity index (χ4v) is 4.16. The van der Waals surface area contributed by atoms with Crippen LogP contribution >= 0.6 is 24.0 Å². The molecule has 2 aromatic rings. The van der Waals surface area contributed by atoms with E-state index in [1.54, 1.807) is 19.2 Å². The standard InChI is InChI=1S/C19H14N2O6S2/c1-25-13-4-2-11(3-5-13)9-20-18(22)17(29-19(20)28)7-12-6-15-16(27-10-26-15)8-14(12)21(23)24/h2-8H,9-10H2,1H3/b17-7+. The first-order chi connectivity index (χ1) is 14.0. The molecule has 1 saturated heterocycles. The van der Waals surface area contributed by atoms with Crippen LogP contribution in [0.15, 0.2) is 41.3 Å². The first-order valence-corrected chi connectivity index (χ1v) is 9.65. The zero-order valence-electron chi connectivity index (χ0n) is 15.1. The summed E-state index contributed by atoms with van der Waals surface area (Å²) in [6, 6.07) is 10.1. The molecule has 1 amide bonds. The molecule has 10 heteroatoms. The van der Waals surface area contributed by atoms with Crippen LogP contribution in [0.3, 0.4) is 0 Å². The number of benzene rings is 2. The van der Waals surface area contributed by atoms with Gasteiger partial charge in [-0.3, -0.25) is 19.8 Å². The summed E-state index contributed by atoms with van der Waals surface area (Å²) >= 11 is 6.45. The van der Waals surface area contributed by atoms with Crippen LogP contribution < -0.4 is 14.2 Å². The van der Waals surface area contributed by atoms with E-state index in [2.05, 4.69) is 0 Å². The fourth-order valence-electron chi connectivity index (χ4n) is 2.91.